The first-order valence-corrected chi connectivity index (χ1v) is 10.9. The maximum absolute atomic E-state index is 13.9. The Bertz CT molecular complexity index is 1250. The smallest absolute Gasteiger partial charge is 0.417 e. The van der Waals surface area contributed by atoms with Crippen molar-refractivity contribution in [2.75, 3.05) is 6.54 Å². The van der Waals surface area contributed by atoms with Gasteiger partial charge in [-0.2, -0.15) is 13.2 Å². The van der Waals surface area contributed by atoms with Gasteiger partial charge in [0.15, 0.2) is 0 Å². The van der Waals surface area contributed by atoms with Crippen LogP contribution in [0.25, 0.3) is 31.7 Å². The summed E-state index contributed by atoms with van der Waals surface area (Å²) in [5, 5.41) is 12.8. The van der Waals surface area contributed by atoms with Crippen molar-refractivity contribution >= 4 is 27.4 Å². The van der Waals surface area contributed by atoms with Crippen LogP contribution >= 0.6 is 11.3 Å². The van der Waals surface area contributed by atoms with Gasteiger partial charge in [0, 0.05) is 22.7 Å². The fourth-order valence-electron chi connectivity index (χ4n) is 3.64. The largest absolute Gasteiger partial charge is 0.481 e. The van der Waals surface area contributed by atoms with E-state index in [9.17, 15) is 18.0 Å². The van der Waals surface area contributed by atoms with E-state index in [2.05, 4.69) is 5.32 Å². The third-order valence-electron chi connectivity index (χ3n) is 5.18. The van der Waals surface area contributed by atoms with Gasteiger partial charge in [-0.15, -0.1) is 11.3 Å². The monoisotopic (exact) mass is 455 g/mol. The van der Waals surface area contributed by atoms with Gasteiger partial charge >= 0.3 is 12.1 Å². The summed E-state index contributed by atoms with van der Waals surface area (Å²) in [6, 6.07) is 20.7. The second-order valence-corrected chi connectivity index (χ2v) is 8.47. The third-order valence-corrected chi connectivity index (χ3v) is 6.33. The lowest BCUT2D eigenvalue weighted by molar-refractivity contribution is -0.137. The van der Waals surface area contributed by atoms with E-state index < -0.39 is 17.7 Å². The molecule has 7 heteroatoms. The van der Waals surface area contributed by atoms with E-state index in [-0.39, 0.29) is 12.0 Å². The molecule has 0 radical (unpaired) electrons. The highest BCUT2D eigenvalue weighted by Gasteiger charge is 2.34. The van der Waals surface area contributed by atoms with Crippen molar-refractivity contribution in [3.8, 4) is 21.6 Å². The highest BCUT2D eigenvalue weighted by Crippen LogP contribution is 2.42. The van der Waals surface area contributed by atoms with E-state index in [0.29, 0.717) is 24.2 Å². The highest BCUT2D eigenvalue weighted by atomic mass is 32.1. The summed E-state index contributed by atoms with van der Waals surface area (Å²) in [5.74, 6) is -0.868. The van der Waals surface area contributed by atoms with Gasteiger partial charge in [-0.3, -0.25) is 4.79 Å². The van der Waals surface area contributed by atoms with Crippen LogP contribution in [0.1, 0.15) is 17.5 Å². The number of rotatable bonds is 7. The first kappa shape index (κ1) is 22.0. The Kier molecular flexibility index (Phi) is 6.30. The topological polar surface area (TPSA) is 49.3 Å². The minimum absolute atomic E-state index is 0.0266. The minimum atomic E-state index is -4.48. The molecule has 0 unspecified atom stereocenters. The lowest BCUT2D eigenvalue weighted by Crippen LogP contribution is -2.17. The summed E-state index contributed by atoms with van der Waals surface area (Å²) in [5.41, 5.74) is 1.52. The molecule has 0 saturated heterocycles. The number of carboxylic acid groups (broad SMARTS) is 1. The van der Waals surface area contributed by atoms with Crippen molar-refractivity contribution in [1.82, 2.24) is 5.32 Å². The molecule has 1 aromatic heterocycles. The van der Waals surface area contributed by atoms with Crippen LogP contribution in [-0.4, -0.2) is 17.6 Å². The summed E-state index contributed by atoms with van der Waals surface area (Å²) in [6.07, 6.45) is -4.45. The van der Waals surface area contributed by atoms with E-state index >= 15 is 0 Å². The molecule has 0 saturated carbocycles. The first-order chi connectivity index (χ1) is 15.3. The molecule has 0 aliphatic heterocycles. The van der Waals surface area contributed by atoms with Crippen molar-refractivity contribution in [2.45, 2.75) is 19.1 Å². The number of benzene rings is 3. The lowest BCUT2D eigenvalue weighted by atomic mass is 9.96. The van der Waals surface area contributed by atoms with E-state index in [1.165, 1.54) is 23.5 Å². The van der Waals surface area contributed by atoms with Gasteiger partial charge in [-0.25, -0.2) is 0 Å². The Morgan fingerprint density at radius 1 is 0.938 bits per heavy atom. The van der Waals surface area contributed by atoms with E-state index in [1.807, 2.05) is 24.3 Å². The number of hydrogen-bond donors (Lipinski definition) is 2. The summed E-state index contributed by atoms with van der Waals surface area (Å²) >= 11 is 1.44. The number of alkyl halides is 3. The SMILES string of the molecule is O=C(O)CCNCc1cccc2sc(-c3ccc(-c4ccccc4)c(C(F)(F)F)c3)cc12. The number of aliphatic carboxylic acids is 1. The van der Waals surface area contributed by atoms with Crippen molar-refractivity contribution in [1.29, 1.82) is 0 Å². The van der Waals surface area contributed by atoms with Crippen LogP contribution in [0.5, 0.6) is 0 Å². The van der Waals surface area contributed by atoms with Gasteiger partial charge < -0.3 is 10.4 Å². The fraction of sp³-hybridized carbons (Fsp3) is 0.160. The van der Waals surface area contributed by atoms with Gasteiger partial charge in [-0.05, 0) is 45.8 Å². The van der Waals surface area contributed by atoms with Crippen molar-refractivity contribution in [2.24, 2.45) is 0 Å². The van der Waals surface area contributed by atoms with E-state index in [0.717, 1.165) is 20.5 Å². The number of nitrogens with one attached hydrogen (secondary N) is 1. The van der Waals surface area contributed by atoms with Gasteiger partial charge in [-0.1, -0.05) is 54.6 Å². The quantitative estimate of drug-likeness (QED) is 0.301. The summed E-state index contributed by atoms with van der Waals surface area (Å²) in [7, 11) is 0. The van der Waals surface area contributed by atoms with Gasteiger partial charge in [0.05, 0.1) is 12.0 Å². The van der Waals surface area contributed by atoms with E-state index in [4.69, 9.17) is 5.11 Å². The Balaban J connectivity index is 1.70. The van der Waals surface area contributed by atoms with Crippen LogP contribution < -0.4 is 5.32 Å². The van der Waals surface area contributed by atoms with Crippen LogP contribution in [-0.2, 0) is 17.5 Å². The molecule has 0 spiro atoms. The van der Waals surface area contributed by atoms with Gasteiger partial charge in [0.1, 0.15) is 0 Å². The molecule has 0 aliphatic rings. The zero-order valence-corrected chi connectivity index (χ0v) is 17.8. The number of thiophene rings is 1. The Morgan fingerprint density at radius 3 is 2.44 bits per heavy atom. The molecule has 0 amide bonds. The molecule has 2 N–H and O–H groups in total. The fourth-order valence-corrected chi connectivity index (χ4v) is 4.74. The Hall–Kier alpha value is -3.16. The van der Waals surface area contributed by atoms with Crippen molar-refractivity contribution < 1.29 is 23.1 Å². The zero-order chi connectivity index (χ0) is 22.7. The number of halogens is 3. The van der Waals surface area contributed by atoms with Crippen molar-refractivity contribution in [3.63, 3.8) is 0 Å². The summed E-state index contributed by atoms with van der Waals surface area (Å²) in [6.45, 7) is 0.833. The average Bonchev–Trinajstić information content (AvgIpc) is 3.21. The molecule has 4 aromatic rings. The maximum Gasteiger partial charge on any atom is 0.417 e. The lowest BCUT2D eigenvalue weighted by Gasteiger charge is -2.14. The minimum Gasteiger partial charge on any atom is -0.481 e. The summed E-state index contributed by atoms with van der Waals surface area (Å²) in [4.78, 5) is 11.4. The molecular formula is C25H20F3NO2S. The molecule has 1 heterocycles. The maximum atomic E-state index is 13.9. The molecule has 4 rings (SSSR count). The molecule has 0 aliphatic carbocycles. The van der Waals surface area contributed by atoms with Crippen molar-refractivity contribution in [3.05, 3.63) is 83.9 Å². The number of hydrogen-bond acceptors (Lipinski definition) is 3. The van der Waals surface area contributed by atoms with Crippen LogP contribution in [0.2, 0.25) is 0 Å². The van der Waals surface area contributed by atoms with Crippen LogP contribution in [0.4, 0.5) is 13.2 Å². The molecule has 0 fully saturated rings. The molecule has 164 valence electrons. The Labute approximate surface area is 187 Å². The molecule has 3 aromatic carbocycles. The highest BCUT2D eigenvalue weighted by molar-refractivity contribution is 7.22. The normalized spacial score (nSPS) is 11.7. The van der Waals surface area contributed by atoms with Gasteiger partial charge in [0.2, 0.25) is 0 Å². The third kappa shape index (κ3) is 4.84. The van der Waals surface area contributed by atoms with Crippen LogP contribution in [0.15, 0.2) is 72.8 Å². The number of carboxylic acids is 1. The molecule has 32 heavy (non-hydrogen) atoms. The van der Waals surface area contributed by atoms with Crippen LogP contribution in [0, 0.1) is 0 Å². The molecule has 0 bridgehead atoms. The first-order valence-electron chi connectivity index (χ1n) is 10.0. The summed E-state index contributed by atoms with van der Waals surface area (Å²) < 4.78 is 42.6. The second kappa shape index (κ2) is 9.14. The predicted molar refractivity (Wildman–Crippen MR) is 122 cm³/mol. The molecule has 0 atom stereocenters. The molecular weight excluding hydrogens is 435 g/mol. The molecule has 3 nitrogen and oxygen atoms in total. The zero-order valence-electron chi connectivity index (χ0n) is 16.9. The second-order valence-electron chi connectivity index (χ2n) is 7.38. The van der Waals surface area contributed by atoms with E-state index in [1.54, 1.807) is 36.4 Å². The standard InChI is InChI=1S/C25H20F3NO2S/c26-25(27,28)21-13-17(9-10-19(21)16-5-2-1-3-6-16)23-14-20-18(7-4-8-22(20)32-23)15-29-12-11-24(30)31/h1-10,13-14,29H,11-12,15H2,(H,30,31). The van der Waals surface area contributed by atoms with Crippen LogP contribution in [0.3, 0.4) is 0 Å². The Morgan fingerprint density at radius 2 is 1.72 bits per heavy atom. The average molecular weight is 456 g/mol. The van der Waals surface area contributed by atoms with Gasteiger partial charge in [0.25, 0.3) is 0 Å². The predicted octanol–water partition coefficient (Wildman–Crippen LogP) is 6.82. The number of fused-ring (bicyclic) bond motifs is 1. The number of carbonyl (C=O) groups is 1.